The fourth-order valence-corrected chi connectivity index (χ4v) is 3.60. The van der Waals surface area contributed by atoms with Crippen LogP contribution in [0.1, 0.15) is 33.0 Å². The van der Waals surface area contributed by atoms with Crippen molar-refractivity contribution in [1.29, 1.82) is 0 Å². The summed E-state index contributed by atoms with van der Waals surface area (Å²) in [5, 5.41) is 6.42. The molecule has 4 unspecified atom stereocenters. The third kappa shape index (κ3) is 3.89. The van der Waals surface area contributed by atoms with Gasteiger partial charge in [0.15, 0.2) is 4.67 Å². The van der Waals surface area contributed by atoms with Crippen LogP contribution >= 0.6 is 15.9 Å². The molecule has 1 saturated carbocycles. The molecule has 0 spiro atoms. The summed E-state index contributed by atoms with van der Waals surface area (Å²) in [5.74, 6) is 1.19. The van der Waals surface area contributed by atoms with Crippen LogP contribution in [0.3, 0.4) is 0 Å². The number of nitrogens with one attached hydrogen (secondary N) is 2. The van der Waals surface area contributed by atoms with E-state index in [4.69, 9.17) is 13.9 Å². The van der Waals surface area contributed by atoms with Gasteiger partial charge in [-0.15, -0.1) is 0 Å². The van der Waals surface area contributed by atoms with Gasteiger partial charge in [-0.3, -0.25) is 0 Å². The Kier molecular flexibility index (Phi) is 4.71. The third-order valence-electron chi connectivity index (χ3n) is 4.21. The second-order valence-electron chi connectivity index (χ2n) is 7.07. The highest BCUT2D eigenvalue weighted by atomic mass is 79.9. The Bertz CT molecular complexity index is 569. The van der Waals surface area contributed by atoms with Crippen LogP contribution in [0.15, 0.2) is 21.2 Å². The third-order valence-corrected chi connectivity index (χ3v) is 4.64. The number of carbonyl (C=O) groups is 1. The molecule has 128 valence electrons. The molecule has 4 atom stereocenters. The minimum Gasteiger partial charge on any atom is -0.453 e. The molecule has 1 aliphatic carbocycles. The quantitative estimate of drug-likeness (QED) is 0.832. The molecule has 2 aliphatic rings. The van der Waals surface area contributed by atoms with Gasteiger partial charge in [0.1, 0.15) is 11.4 Å². The topological polar surface area (TPSA) is 72.7 Å². The van der Waals surface area contributed by atoms with E-state index in [1.165, 1.54) is 0 Å². The summed E-state index contributed by atoms with van der Waals surface area (Å²) < 4.78 is 17.3. The molecular weight excluding hydrogens is 364 g/mol. The van der Waals surface area contributed by atoms with Gasteiger partial charge in [-0.05, 0) is 55.3 Å². The van der Waals surface area contributed by atoms with Gasteiger partial charge < -0.3 is 24.5 Å². The Morgan fingerprint density at radius 2 is 2.17 bits per heavy atom. The smallest absolute Gasteiger partial charge is 0.407 e. The zero-order valence-corrected chi connectivity index (χ0v) is 15.2. The molecule has 1 amide bonds. The van der Waals surface area contributed by atoms with Crippen molar-refractivity contribution >= 4 is 22.0 Å². The monoisotopic (exact) mass is 386 g/mol. The SMILES string of the molecule is CC(C)(C)OC(=O)NC1C2CCOC2C1NCc1ccc(Br)o1. The lowest BCUT2D eigenvalue weighted by molar-refractivity contribution is -0.0348. The first-order chi connectivity index (χ1) is 10.8. The van der Waals surface area contributed by atoms with E-state index >= 15 is 0 Å². The molecule has 2 heterocycles. The molecule has 3 rings (SSSR count). The largest absolute Gasteiger partial charge is 0.453 e. The van der Waals surface area contributed by atoms with Crippen LogP contribution in [0.25, 0.3) is 0 Å². The lowest BCUT2D eigenvalue weighted by Gasteiger charge is -2.48. The molecule has 1 aromatic heterocycles. The van der Waals surface area contributed by atoms with Crippen molar-refractivity contribution in [3.05, 3.63) is 22.6 Å². The molecule has 1 aliphatic heterocycles. The number of ether oxygens (including phenoxy) is 2. The molecule has 2 N–H and O–H groups in total. The fraction of sp³-hybridized carbons (Fsp3) is 0.688. The van der Waals surface area contributed by atoms with E-state index < -0.39 is 5.60 Å². The van der Waals surface area contributed by atoms with E-state index in [1.54, 1.807) is 0 Å². The van der Waals surface area contributed by atoms with Gasteiger partial charge >= 0.3 is 6.09 Å². The van der Waals surface area contributed by atoms with Gasteiger partial charge in [0.2, 0.25) is 0 Å². The van der Waals surface area contributed by atoms with E-state index in [0.717, 1.165) is 18.8 Å². The average Bonchev–Trinajstić information content (AvgIpc) is 3.02. The number of alkyl carbamates (subject to hydrolysis) is 1. The summed E-state index contributed by atoms with van der Waals surface area (Å²) in [7, 11) is 0. The number of amides is 1. The van der Waals surface area contributed by atoms with Crippen molar-refractivity contribution in [2.24, 2.45) is 5.92 Å². The van der Waals surface area contributed by atoms with Gasteiger partial charge in [0.25, 0.3) is 0 Å². The number of halogens is 1. The summed E-state index contributed by atoms with van der Waals surface area (Å²) in [6.07, 6.45) is 0.740. The summed E-state index contributed by atoms with van der Waals surface area (Å²) in [4.78, 5) is 12.0. The Morgan fingerprint density at radius 3 is 2.83 bits per heavy atom. The van der Waals surface area contributed by atoms with Crippen molar-refractivity contribution in [1.82, 2.24) is 10.6 Å². The molecule has 2 fully saturated rings. The van der Waals surface area contributed by atoms with E-state index in [1.807, 2.05) is 32.9 Å². The molecule has 6 nitrogen and oxygen atoms in total. The number of hydrogen-bond acceptors (Lipinski definition) is 5. The second kappa shape index (κ2) is 6.45. The molecule has 0 aromatic carbocycles. The standard InChI is InChI=1S/C16H23BrN2O4/c1-16(2,3)23-15(20)19-12-10-6-7-21-14(10)13(12)18-8-9-4-5-11(17)22-9/h4-5,10,12-14,18H,6-8H2,1-3H3,(H,19,20). The maximum atomic E-state index is 12.0. The summed E-state index contributed by atoms with van der Waals surface area (Å²) in [6, 6.07) is 3.87. The lowest BCUT2D eigenvalue weighted by Crippen LogP contribution is -2.70. The van der Waals surface area contributed by atoms with Crippen LogP contribution in [-0.2, 0) is 16.0 Å². The number of carbonyl (C=O) groups excluding carboxylic acids is 1. The van der Waals surface area contributed by atoms with E-state index in [2.05, 4.69) is 26.6 Å². The van der Waals surface area contributed by atoms with Gasteiger partial charge in [0, 0.05) is 12.5 Å². The van der Waals surface area contributed by atoms with E-state index in [9.17, 15) is 4.79 Å². The van der Waals surface area contributed by atoms with Crippen LogP contribution in [0.2, 0.25) is 0 Å². The maximum Gasteiger partial charge on any atom is 0.407 e. The van der Waals surface area contributed by atoms with Crippen LogP contribution in [0.4, 0.5) is 4.79 Å². The first-order valence-electron chi connectivity index (χ1n) is 7.92. The molecule has 7 heteroatoms. The average molecular weight is 387 g/mol. The summed E-state index contributed by atoms with van der Waals surface area (Å²) in [6.45, 7) is 6.92. The maximum absolute atomic E-state index is 12.0. The Balaban J connectivity index is 1.57. The van der Waals surface area contributed by atoms with Crippen LogP contribution < -0.4 is 10.6 Å². The van der Waals surface area contributed by atoms with Crippen LogP contribution in [0, 0.1) is 5.92 Å². The highest BCUT2D eigenvalue weighted by Crippen LogP contribution is 2.39. The predicted octanol–water partition coefficient (Wildman–Crippen LogP) is 2.81. The number of rotatable bonds is 4. The van der Waals surface area contributed by atoms with Crippen molar-refractivity contribution in [3.8, 4) is 0 Å². The Labute approximate surface area is 144 Å². The molecule has 23 heavy (non-hydrogen) atoms. The molecular formula is C16H23BrN2O4. The number of furan rings is 1. The lowest BCUT2D eigenvalue weighted by atomic mass is 9.71. The highest BCUT2D eigenvalue weighted by molar-refractivity contribution is 9.10. The molecule has 1 aromatic rings. The highest BCUT2D eigenvalue weighted by Gasteiger charge is 2.54. The Morgan fingerprint density at radius 1 is 1.39 bits per heavy atom. The second-order valence-corrected chi connectivity index (χ2v) is 7.85. The van der Waals surface area contributed by atoms with Crippen LogP contribution in [-0.4, -0.2) is 36.5 Å². The summed E-state index contributed by atoms with van der Waals surface area (Å²) in [5.41, 5.74) is -0.497. The van der Waals surface area contributed by atoms with Gasteiger partial charge in [0.05, 0.1) is 24.7 Å². The van der Waals surface area contributed by atoms with Crippen molar-refractivity contribution < 1.29 is 18.7 Å². The first kappa shape index (κ1) is 16.8. The summed E-state index contributed by atoms with van der Waals surface area (Å²) >= 11 is 3.30. The molecule has 0 bridgehead atoms. The number of fused-ring (bicyclic) bond motifs is 1. The number of hydrogen-bond donors (Lipinski definition) is 2. The zero-order chi connectivity index (χ0) is 16.6. The van der Waals surface area contributed by atoms with Crippen molar-refractivity contribution in [3.63, 3.8) is 0 Å². The van der Waals surface area contributed by atoms with E-state index in [-0.39, 0.29) is 24.3 Å². The molecule has 1 saturated heterocycles. The van der Waals surface area contributed by atoms with Gasteiger partial charge in [-0.2, -0.15) is 0 Å². The first-order valence-corrected chi connectivity index (χ1v) is 8.71. The Hall–Kier alpha value is -1.05. The van der Waals surface area contributed by atoms with Gasteiger partial charge in [-0.25, -0.2) is 4.79 Å². The molecule has 0 radical (unpaired) electrons. The van der Waals surface area contributed by atoms with Crippen LogP contribution in [0.5, 0.6) is 0 Å². The van der Waals surface area contributed by atoms with Crippen molar-refractivity contribution in [2.75, 3.05) is 6.61 Å². The normalized spacial score (nSPS) is 29.7. The predicted molar refractivity (Wildman–Crippen MR) is 88.0 cm³/mol. The fourth-order valence-electron chi connectivity index (χ4n) is 3.26. The minimum absolute atomic E-state index is 0.0238. The van der Waals surface area contributed by atoms with Crippen molar-refractivity contribution in [2.45, 2.75) is 57.5 Å². The van der Waals surface area contributed by atoms with Gasteiger partial charge in [-0.1, -0.05) is 0 Å². The van der Waals surface area contributed by atoms with E-state index in [0.29, 0.717) is 17.1 Å². The minimum atomic E-state index is -0.497. The zero-order valence-electron chi connectivity index (χ0n) is 13.6.